The fourth-order valence-electron chi connectivity index (χ4n) is 4.83. The zero-order chi connectivity index (χ0) is 25.1. The predicted molar refractivity (Wildman–Crippen MR) is 133 cm³/mol. The number of aromatic amines is 1. The van der Waals surface area contributed by atoms with E-state index in [0.717, 1.165) is 10.9 Å². The number of phenols is 2. The maximum atomic E-state index is 13.4. The van der Waals surface area contributed by atoms with Gasteiger partial charge in [0.1, 0.15) is 34.5 Å². The van der Waals surface area contributed by atoms with Gasteiger partial charge in [-0.05, 0) is 47.7 Å². The van der Waals surface area contributed by atoms with Gasteiger partial charge in [-0.2, -0.15) is 0 Å². The standard InChI is InChI=1S/C28H19NO7/c1-13-2-3-15-9-18(28(34)29-20(15)8-13)17-10-23(32)36-22-11-21(31)25-26(33)19(12-35-27(25)24(17)22)14-4-6-16(30)7-5-14/h2-9,11-12,17,30-31H,10H2,1H3,(H,29,34)/t17-/m0/s1. The maximum Gasteiger partial charge on any atom is 0.312 e. The summed E-state index contributed by atoms with van der Waals surface area (Å²) in [6, 6.07) is 14.6. The van der Waals surface area contributed by atoms with Crippen LogP contribution in [0, 0.1) is 6.92 Å². The Hall–Kier alpha value is -4.85. The lowest BCUT2D eigenvalue weighted by Gasteiger charge is -2.25. The van der Waals surface area contributed by atoms with Crippen LogP contribution in [0.3, 0.4) is 0 Å². The van der Waals surface area contributed by atoms with Gasteiger partial charge in [0.2, 0.25) is 5.43 Å². The van der Waals surface area contributed by atoms with Crippen molar-refractivity contribution in [3.05, 3.63) is 98.1 Å². The zero-order valence-corrected chi connectivity index (χ0v) is 19.0. The summed E-state index contributed by atoms with van der Waals surface area (Å²) in [5.41, 5.74) is 2.16. The Bertz CT molecular complexity index is 1830. The molecule has 5 aromatic rings. The van der Waals surface area contributed by atoms with Crippen LogP contribution in [0.1, 0.15) is 29.0 Å². The molecule has 8 heteroatoms. The molecule has 3 aromatic carbocycles. The first-order valence-electron chi connectivity index (χ1n) is 11.2. The van der Waals surface area contributed by atoms with Crippen LogP contribution >= 0.6 is 0 Å². The Kier molecular flexibility index (Phi) is 4.72. The van der Waals surface area contributed by atoms with Gasteiger partial charge < -0.3 is 24.4 Å². The number of aromatic nitrogens is 1. The van der Waals surface area contributed by atoms with Crippen molar-refractivity contribution in [2.75, 3.05) is 0 Å². The number of benzene rings is 3. The highest BCUT2D eigenvalue weighted by atomic mass is 16.5. The SMILES string of the molecule is Cc1ccc2cc([C@@H]3CC(=O)Oc4cc(O)c5c(=O)c(-c6ccc(O)cc6)coc5c43)c(=O)[nH]c2c1. The van der Waals surface area contributed by atoms with Crippen molar-refractivity contribution < 1.29 is 24.2 Å². The highest BCUT2D eigenvalue weighted by molar-refractivity contribution is 5.94. The number of pyridine rings is 1. The first kappa shape index (κ1) is 21.7. The Morgan fingerprint density at radius 3 is 2.53 bits per heavy atom. The number of carbonyl (C=O) groups is 1. The number of aryl methyl sites for hydroxylation is 1. The monoisotopic (exact) mass is 481 g/mol. The zero-order valence-electron chi connectivity index (χ0n) is 19.0. The number of esters is 1. The molecule has 1 aliphatic rings. The lowest BCUT2D eigenvalue weighted by molar-refractivity contribution is -0.135. The van der Waals surface area contributed by atoms with E-state index in [1.807, 2.05) is 25.1 Å². The van der Waals surface area contributed by atoms with Gasteiger partial charge in [0.05, 0.1) is 12.0 Å². The minimum Gasteiger partial charge on any atom is -0.508 e. The van der Waals surface area contributed by atoms with Gasteiger partial charge in [-0.25, -0.2) is 0 Å². The highest BCUT2D eigenvalue weighted by Crippen LogP contribution is 2.45. The summed E-state index contributed by atoms with van der Waals surface area (Å²) >= 11 is 0. The quantitative estimate of drug-likeness (QED) is 0.251. The summed E-state index contributed by atoms with van der Waals surface area (Å²) < 4.78 is 11.3. The molecule has 0 spiro atoms. The summed E-state index contributed by atoms with van der Waals surface area (Å²) in [7, 11) is 0. The van der Waals surface area contributed by atoms with E-state index in [4.69, 9.17) is 9.15 Å². The van der Waals surface area contributed by atoms with Crippen LogP contribution in [0.5, 0.6) is 17.2 Å². The third-order valence-electron chi connectivity index (χ3n) is 6.55. The van der Waals surface area contributed by atoms with Gasteiger partial charge in [0, 0.05) is 28.6 Å². The number of aromatic hydroxyl groups is 2. The van der Waals surface area contributed by atoms with E-state index in [1.165, 1.54) is 24.5 Å². The molecular formula is C28H19NO7. The van der Waals surface area contributed by atoms with Gasteiger partial charge in [0.15, 0.2) is 0 Å². The molecule has 0 amide bonds. The van der Waals surface area contributed by atoms with Crippen LogP contribution in [0.15, 0.2) is 74.9 Å². The molecule has 1 aliphatic heterocycles. The molecule has 2 aromatic heterocycles. The molecule has 0 fully saturated rings. The lowest BCUT2D eigenvalue weighted by atomic mass is 9.85. The molecule has 1 atom stereocenters. The van der Waals surface area contributed by atoms with E-state index in [-0.39, 0.29) is 40.0 Å². The molecule has 178 valence electrons. The van der Waals surface area contributed by atoms with Crippen molar-refractivity contribution >= 4 is 27.8 Å². The average Bonchev–Trinajstić information content (AvgIpc) is 2.83. The number of carbonyl (C=O) groups excluding carboxylic acids is 1. The molecule has 3 N–H and O–H groups in total. The summed E-state index contributed by atoms with van der Waals surface area (Å²) in [5, 5.41) is 21.0. The van der Waals surface area contributed by atoms with Crippen LogP contribution in [-0.2, 0) is 4.79 Å². The second kappa shape index (κ2) is 7.84. The van der Waals surface area contributed by atoms with E-state index >= 15 is 0 Å². The van der Waals surface area contributed by atoms with Crippen LogP contribution in [-0.4, -0.2) is 21.2 Å². The second-order valence-electron chi connectivity index (χ2n) is 8.91. The molecule has 8 nitrogen and oxygen atoms in total. The largest absolute Gasteiger partial charge is 0.508 e. The van der Waals surface area contributed by atoms with Gasteiger partial charge in [0.25, 0.3) is 5.56 Å². The Morgan fingerprint density at radius 1 is 0.972 bits per heavy atom. The summed E-state index contributed by atoms with van der Waals surface area (Å²) in [5.74, 6) is -1.67. The Morgan fingerprint density at radius 2 is 1.75 bits per heavy atom. The normalized spacial score (nSPS) is 15.1. The van der Waals surface area contributed by atoms with Gasteiger partial charge in [-0.1, -0.05) is 24.3 Å². The third-order valence-corrected chi connectivity index (χ3v) is 6.55. The number of hydrogen-bond donors (Lipinski definition) is 3. The van der Waals surface area contributed by atoms with E-state index in [9.17, 15) is 24.6 Å². The molecule has 0 bridgehead atoms. The maximum absolute atomic E-state index is 13.4. The number of phenolic OH excluding ortho intramolecular Hbond substituents is 2. The molecule has 0 radical (unpaired) electrons. The molecule has 0 saturated carbocycles. The first-order valence-corrected chi connectivity index (χ1v) is 11.2. The summed E-state index contributed by atoms with van der Waals surface area (Å²) in [4.78, 5) is 41.9. The fraction of sp³-hybridized carbons (Fsp3) is 0.107. The fourth-order valence-corrected chi connectivity index (χ4v) is 4.83. The Balaban J connectivity index is 1.61. The van der Waals surface area contributed by atoms with Crippen LogP contribution in [0.2, 0.25) is 0 Å². The van der Waals surface area contributed by atoms with Crippen molar-refractivity contribution in [1.82, 2.24) is 4.98 Å². The van der Waals surface area contributed by atoms with Gasteiger partial charge >= 0.3 is 5.97 Å². The van der Waals surface area contributed by atoms with E-state index in [0.29, 0.717) is 22.2 Å². The van der Waals surface area contributed by atoms with Gasteiger partial charge in [-0.15, -0.1) is 0 Å². The summed E-state index contributed by atoms with van der Waals surface area (Å²) in [6.07, 6.45) is 1.12. The van der Waals surface area contributed by atoms with Crippen LogP contribution < -0.4 is 15.7 Å². The predicted octanol–water partition coefficient (Wildman–Crippen LogP) is 4.46. The minimum atomic E-state index is -0.763. The van der Waals surface area contributed by atoms with Crippen molar-refractivity contribution in [1.29, 1.82) is 0 Å². The van der Waals surface area contributed by atoms with E-state index in [2.05, 4.69) is 4.98 Å². The van der Waals surface area contributed by atoms with Crippen molar-refractivity contribution in [3.8, 4) is 28.4 Å². The first-order chi connectivity index (χ1) is 17.3. The number of rotatable bonds is 2. The molecule has 6 rings (SSSR count). The Labute approximate surface area is 203 Å². The smallest absolute Gasteiger partial charge is 0.312 e. The van der Waals surface area contributed by atoms with Crippen molar-refractivity contribution in [2.45, 2.75) is 19.3 Å². The van der Waals surface area contributed by atoms with E-state index in [1.54, 1.807) is 18.2 Å². The molecule has 36 heavy (non-hydrogen) atoms. The molecule has 0 aliphatic carbocycles. The van der Waals surface area contributed by atoms with Crippen molar-refractivity contribution in [2.24, 2.45) is 0 Å². The average molecular weight is 481 g/mol. The number of ether oxygens (including phenoxy) is 1. The summed E-state index contributed by atoms with van der Waals surface area (Å²) in [6.45, 7) is 1.92. The van der Waals surface area contributed by atoms with Crippen LogP contribution in [0.25, 0.3) is 33.0 Å². The molecular weight excluding hydrogens is 462 g/mol. The van der Waals surface area contributed by atoms with Crippen LogP contribution in [0.4, 0.5) is 0 Å². The number of fused-ring (bicyclic) bond motifs is 4. The van der Waals surface area contributed by atoms with E-state index < -0.39 is 23.1 Å². The number of nitrogens with one attached hydrogen (secondary N) is 1. The number of H-pyrrole nitrogens is 1. The van der Waals surface area contributed by atoms with Crippen molar-refractivity contribution in [3.63, 3.8) is 0 Å². The van der Waals surface area contributed by atoms with Gasteiger partial charge in [-0.3, -0.25) is 14.4 Å². The second-order valence-corrected chi connectivity index (χ2v) is 8.91. The minimum absolute atomic E-state index is 0.0326. The molecule has 3 heterocycles. The highest BCUT2D eigenvalue weighted by Gasteiger charge is 2.35. The molecule has 0 saturated heterocycles. The third kappa shape index (κ3) is 3.34. The number of hydrogen-bond acceptors (Lipinski definition) is 7. The molecule has 0 unspecified atom stereocenters. The lowest BCUT2D eigenvalue weighted by Crippen LogP contribution is -2.26. The topological polar surface area (TPSA) is 130 Å².